The Morgan fingerprint density at radius 3 is 2.81 bits per heavy atom. The van der Waals surface area contributed by atoms with Crippen molar-refractivity contribution in [2.45, 2.75) is 45.3 Å². The lowest BCUT2D eigenvalue weighted by Gasteiger charge is -2.39. The number of likely N-dealkylation sites (N-methyl/N-ethyl adjacent to an activating group) is 1. The van der Waals surface area contributed by atoms with Gasteiger partial charge in [0.2, 0.25) is 0 Å². The number of H-pyrrole nitrogens is 1. The Bertz CT molecular complexity index is 1270. The zero-order valence-electron chi connectivity index (χ0n) is 20.9. The van der Waals surface area contributed by atoms with Gasteiger partial charge in [0.1, 0.15) is 5.69 Å². The molecule has 3 N–H and O–H groups in total. The molecule has 0 radical (unpaired) electrons. The molecule has 0 bridgehead atoms. The molecule has 8 nitrogen and oxygen atoms in total. The summed E-state index contributed by atoms with van der Waals surface area (Å²) < 4.78 is 0. The first-order valence-electron chi connectivity index (χ1n) is 12.5. The van der Waals surface area contributed by atoms with Gasteiger partial charge in [0.25, 0.3) is 11.8 Å². The molecule has 1 fully saturated rings. The summed E-state index contributed by atoms with van der Waals surface area (Å²) in [6, 6.07) is 6.93. The van der Waals surface area contributed by atoms with Crippen LogP contribution in [0, 0.1) is 5.92 Å². The summed E-state index contributed by atoms with van der Waals surface area (Å²) in [4.78, 5) is 40.0. The molecule has 36 heavy (non-hydrogen) atoms. The van der Waals surface area contributed by atoms with E-state index in [0.717, 1.165) is 55.6 Å². The molecule has 3 aromatic rings. The SMILES string of the molecule is CC(C)CN1CCC(NC(=O)c2cc3cc(Cl)ccc3[nH]2)C(NC(=O)c2nc3c(s2)CN(C)CC3)C1. The van der Waals surface area contributed by atoms with Crippen molar-refractivity contribution in [1.29, 1.82) is 0 Å². The fraction of sp³-hybridized carbons (Fsp3) is 0.500. The van der Waals surface area contributed by atoms with Crippen LogP contribution in [-0.2, 0) is 13.0 Å². The maximum Gasteiger partial charge on any atom is 0.280 e. The summed E-state index contributed by atoms with van der Waals surface area (Å²) in [5.74, 6) is 0.179. The minimum absolute atomic E-state index is 0.159. The molecule has 2 aliphatic rings. The van der Waals surface area contributed by atoms with Gasteiger partial charge in [0.05, 0.1) is 17.8 Å². The van der Waals surface area contributed by atoms with E-state index >= 15 is 0 Å². The topological polar surface area (TPSA) is 93.4 Å². The van der Waals surface area contributed by atoms with Crippen LogP contribution in [0.15, 0.2) is 24.3 Å². The van der Waals surface area contributed by atoms with Crippen molar-refractivity contribution in [3.05, 3.63) is 50.6 Å². The lowest BCUT2D eigenvalue weighted by molar-refractivity contribution is 0.0796. The van der Waals surface area contributed by atoms with E-state index < -0.39 is 0 Å². The fourth-order valence-electron chi connectivity index (χ4n) is 5.14. The monoisotopic (exact) mass is 528 g/mol. The Morgan fingerprint density at radius 1 is 1.19 bits per heavy atom. The van der Waals surface area contributed by atoms with Crippen molar-refractivity contribution in [2.75, 3.05) is 33.2 Å². The highest BCUT2D eigenvalue weighted by molar-refractivity contribution is 7.13. The molecule has 0 aliphatic carbocycles. The highest BCUT2D eigenvalue weighted by Crippen LogP contribution is 2.25. The molecule has 5 rings (SSSR count). The second kappa shape index (κ2) is 10.5. The number of aromatic nitrogens is 2. The summed E-state index contributed by atoms with van der Waals surface area (Å²) in [5, 5.41) is 8.42. The van der Waals surface area contributed by atoms with Crippen molar-refractivity contribution in [3.8, 4) is 0 Å². The zero-order chi connectivity index (χ0) is 25.4. The predicted molar refractivity (Wildman–Crippen MR) is 144 cm³/mol. The summed E-state index contributed by atoms with van der Waals surface area (Å²) in [5.41, 5.74) is 2.38. The number of hydrogen-bond donors (Lipinski definition) is 3. The number of carbonyl (C=O) groups excluding carboxylic acids is 2. The third-order valence-electron chi connectivity index (χ3n) is 6.90. The highest BCUT2D eigenvalue weighted by atomic mass is 35.5. The van der Waals surface area contributed by atoms with E-state index in [1.54, 1.807) is 6.07 Å². The minimum Gasteiger partial charge on any atom is -0.351 e. The molecule has 2 unspecified atom stereocenters. The summed E-state index contributed by atoms with van der Waals surface area (Å²) in [7, 11) is 2.09. The normalized spacial score (nSPS) is 21.0. The highest BCUT2D eigenvalue weighted by Gasteiger charge is 2.33. The van der Waals surface area contributed by atoms with Crippen LogP contribution < -0.4 is 10.6 Å². The van der Waals surface area contributed by atoms with Gasteiger partial charge in [-0.25, -0.2) is 4.98 Å². The van der Waals surface area contributed by atoms with Crippen molar-refractivity contribution in [2.24, 2.45) is 5.92 Å². The van der Waals surface area contributed by atoms with Gasteiger partial charge in [-0.1, -0.05) is 25.4 Å². The maximum absolute atomic E-state index is 13.3. The van der Waals surface area contributed by atoms with E-state index in [1.807, 2.05) is 18.2 Å². The first kappa shape index (κ1) is 25.2. The van der Waals surface area contributed by atoms with Crippen LogP contribution in [0.4, 0.5) is 0 Å². The standard InChI is InChI=1S/C26H33ClN6O2S/c1-15(2)12-33-9-7-19(29-24(34)21-11-16-10-17(27)4-5-18(16)28-21)22(13-33)30-25(35)26-31-20-6-8-32(3)14-23(20)36-26/h4-5,10-11,15,19,22,28H,6-9,12-14H2,1-3H3,(H,29,34)(H,30,35). The fourth-order valence-corrected chi connectivity index (χ4v) is 6.41. The molecular weight excluding hydrogens is 496 g/mol. The van der Waals surface area contributed by atoms with Gasteiger partial charge in [-0.15, -0.1) is 11.3 Å². The molecule has 0 spiro atoms. The molecule has 10 heteroatoms. The Kier molecular flexibility index (Phi) is 7.35. The number of benzene rings is 1. The lowest BCUT2D eigenvalue weighted by Crippen LogP contribution is -2.60. The first-order chi connectivity index (χ1) is 17.2. The van der Waals surface area contributed by atoms with Crippen molar-refractivity contribution < 1.29 is 9.59 Å². The van der Waals surface area contributed by atoms with Crippen LogP contribution in [0.2, 0.25) is 5.02 Å². The smallest absolute Gasteiger partial charge is 0.280 e. The number of thiazole rings is 1. The molecule has 2 aliphatic heterocycles. The second-order valence-electron chi connectivity index (χ2n) is 10.4. The number of nitrogens with one attached hydrogen (secondary N) is 3. The van der Waals surface area contributed by atoms with E-state index in [2.05, 4.69) is 51.3 Å². The maximum atomic E-state index is 13.3. The van der Waals surface area contributed by atoms with Crippen molar-refractivity contribution in [1.82, 2.24) is 30.4 Å². The van der Waals surface area contributed by atoms with Gasteiger partial charge >= 0.3 is 0 Å². The lowest BCUT2D eigenvalue weighted by atomic mass is 9.97. The summed E-state index contributed by atoms with van der Waals surface area (Å²) in [6.45, 7) is 8.69. The van der Waals surface area contributed by atoms with Crippen LogP contribution in [-0.4, -0.2) is 76.9 Å². The van der Waals surface area contributed by atoms with Gasteiger partial charge < -0.3 is 25.4 Å². The number of likely N-dealkylation sites (tertiary alicyclic amines) is 1. The van der Waals surface area contributed by atoms with Crippen molar-refractivity contribution in [3.63, 3.8) is 0 Å². The average molecular weight is 529 g/mol. The molecule has 0 saturated carbocycles. The van der Waals surface area contributed by atoms with E-state index in [0.29, 0.717) is 28.2 Å². The third kappa shape index (κ3) is 5.59. The molecule has 192 valence electrons. The Balaban J connectivity index is 1.31. The van der Waals surface area contributed by atoms with E-state index in [-0.39, 0.29) is 23.9 Å². The molecule has 2 amide bonds. The van der Waals surface area contributed by atoms with Crippen LogP contribution in [0.25, 0.3) is 10.9 Å². The van der Waals surface area contributed by atoms with Crippen LogP contribution in [0.3, 0.4) is 0 Å². The molecular formula is C26H33ClN6O2S. The quantitative estimate of drug-likeness (QED) is 0.455. The zero-order valence-corrected chi connectivity index (χ0v) is 22.5. The molecule has 1 saturated heterocycles. The van der Waals surface area contributed by atoms with E-state index in [9.17, 15) is 9.59 Å². The average Bonchev–Trinajstić information content (AvgIpc) is 3.44. The van der Waals surface area contributed by atoms with Crippen LogP contribution >= 0.6 is 22.9 Å². The molecule has 2 aromatic heterocycles. The molecule has 2 atom stereocenters. The van der Waals surface area contributed by atoms with Crippen molar-refractivity contribution >= 4 is 45.7 Å². The number of halogens is 1. The van der Waals surface area contributed by atoms with Gasteiger partial charge in [-0.05, 0) is 43.7 Å². The summed E-state index contributed by atoms with van der Waals surface area (Å²) >= 11 is 7.59. The number of rotatable bonds is 6. The van der Waals surface area contributed by atoms with E-state index in [4.69, 9.17) is 11.6 Å². The Morgan fingerprint density at radius 2 is 2.00 bits per heavy atom. The predicted octanol–water partition coefficient (Wildman–Crippen LogP) is 3.52. The number of piperidine rings is 1. The number of amides is 2. The number of fused-ring (bicyclic) bond motifs is 2. The third-order valence-corrected chi connectivity index (χ3v) is 8.21. The number of aromatic amines is 1. The number of hydrogen-bond acceptors (Lipinski definition) is 6. The van der Waals surface area contributed by atoms with Crippen LogP contribution in [0.5, 0.6) is 0 Å². The number of carbonyl (C=O) groups is 2. The first-order valence-corrected chi connectivity index (χ1v) is 13.7. The Hall–Kier alpha value is -2.46. The van der Waals surface area contributed by atoms with Gasteiger partial charge in [0, 0.05) is 59.9 Å². The largest absolute Gasteiger partial charge is 0.351 e. The molecule has 1 aromatic carbocycles. The van der Waals surface area contributed by atoms with Gasteiger partial charge in [0.15, 0.2) is 5.01 Å². The Labute approximate surface area is 220 Å². The minimum atomic E-state index is -0.212. The number of nitrogens with zero attached hydrogens (tertiary/aromatic N) is 3. The molecule has 4 heterocycles. The summed E-state index contributed by atoms with van der Waals surface area (Å²) in [6.07, 6.45) is 1.63. The van der Waals surface area contributed by atoms with Gasteiger partial charge in [-0.3, -0.25) is 9.59 Å². The van der Waals surface area contributed by atoms with E-state index in [1.165, 1.54) is 16.2 Å². The second-order valence-corrected chi connectivity index (χ2v) is 11.9. The van der Waals surface area contributed by atoms with Gasteiger partial charge in [-0.2, -0.15) is 0 Å². The van der Waals surface area contributed by atoms with Crippen LogP contribution in [0.1, 0.15) is 51.1 Å².